The maximum atomic E-state index is 12.3. The van der Waals surface area contributed by atoms with Crippen LogP contribution in [0.15, 0.2) is 23.6 Å². The highest BCUT2D eigenvalue weighted by Crippen LogP contribution is 2.11. The molecular formula is C12H18N6O2S. The van der Waals surface area contributed by atoms with E-state index in [1.54, 1.807) is 12.4 Å². The molecule has 2 rings (SSSR count). The molecule has 0 spiro atoms. The van der Waals surface area contributed by atoms with E-state index in [9.17, 15) is 8.42 Å². The molecule has 0 saturated carbocycles. The number of nitrogens with one attached hydrogen (secondary N) is 3. The molecule has 0 unspecified atom stereocenters. The van der Waals surface area contributed by atoms with E-state index < -0.39 is 10.0 Å². The average Bonchev–Trinajstić information content (AvgIpc) is 2.94. The van der Waals surface area contributed by atoms with Crippen LogP contribution in [0.4, 0.5) is 0 Å². The van der Waals surface area contributed by atoms with Crippen LogP contribution in [-0.2, 0) is 23.1 Å². The smallest absolute Gasteiger partial charge is 0.258 e. The van der Waals surface area contributed by atoms with Crippen LogP contribution < -0.4 is 10.0 Å². The van der Waals surface area contributed by atoms with E-state index >= 15 is 0 Å². The number of rotatable bonds is 7. The number of nitrogens with zero attached hydrogens (tertiary/aromatic N) is 3. The van der Waals surface area contributed by atoms with Crippen molar-refractivity contribution in [2.45, 2.75) is 32.0 Å². The van der Waals surface area contributed by atoms with Gasteiger partial charge in [0.1, 0.15) is 0 Å². The van der Waals surface area contributed by atoms with Crippen molar-refractivity contribution >= 4 is 10.0 Å². The van der Waals surface area contributed by atoms with Gasteiger partial charge in [0, 0.05) is 18.3 Å². The molecular weight excluding hydrogens is 292 g/mol. The summed E-state index contributed by atoms with van der Waals surface area (Å²) in [7, 11) is -3.66. The zero-order valence-corrected chi connectivity index (χ0v) is 12.7. The predicted molar refractivity (Wildman–Crippen MR) is 76.8 cm³/mol. The standard InChI is InChI=1S/C12H18N6O2S/c1-3-13-5-10-6-16-18-12(10)21(19,20)17-8-11-7-14-9(2)4-15-11/h4,6-7,13,17H,3,5,8H2,1-2H3,(H,16,18). The van der Waals surface area contributed by atoms with Gasteiger partial charge in [-0.05, 0) is 13.5 Å². The molecule has 3 N–H and O–H groups in total. The second-order valence-electron chi connectivity index (χ2n) is 4.48. The molecule has 0 amide bonds. The zero-order chi connectivity index (χ0) is 15.3. The summed E-state index contributed by atoms with van der Waals surface area (Å²) in [6.07, 6.45) is 4.64. The second-order valence-corrected chi connectivity index (χ2v) is 6.18. The predicted octanol–water partition coefficient (Wildman–Crippen LogP) is 0.0961. The van der Waals surface area contributed by atoms with Gasteiger partial charge in [-0.1, -0.05) is 6.92 Å². The highest BCUT2D eigenvalue weighted by atomic mass is 32.2. The molecule has 0 aliphatic carbocycles. The van der Waals surface area contributed by atoms with Crippen LogP contribution >= 0.6 is 0 Å². The first-order valence-electron chi connectivity index (χ1n) is 6.53. The minimum Gasteiger partial charge on any atom is -0.313 e. The highest BCUT2D eigenvalue weighted by molar-refractivity contribution is 7.89. The molecule has 21 heavy (non-hydrogen) atoms. The number of aromatic amines is 1. The minimum atomic E-state index is -3.66. The van der Waals surface area contributed by atoms with Gasteiger partial charge in [-0.25, -0.2) is 13.1 Å². The van der Waals surface area contributed by atoms with Gasteiger partial charge >= 0.3 is 0 Å². The van der Waals surface area contributed by atoms with Gasteiger partial charge in [0.05, 0.1) is 30.3 Å². The van der Waals surface area contributed by atoms with Gasteiger partial charge in [0.2, 0.25) is 0 Å². The van der Waals surface area contributed by atoms with E-state index in [-0.39, 0.29) is 11.6 Å². The highest BCUT2D eigenvalue weighted by Gasteiger charge is 2.20. The fourth-order valence-electron chi connectivity index (χ4n) is 1.67. The van der Waals surface area contributed by atoms with Crippen molar-refractivity contribution in [3.8, 4) is 0 Å². The normalized spacial score (nSPS) is 11.7. The van der Waals surface area contributed by atoms with E-state index in [4.69, 9.17) is 0 Å². The van der Waals surface area contributed by atoms with Crippen LogP contribution in [0.1, 0.15) is 23.9 Å². The fraction of sp³-hybridized carbons (Fsp3) is 0.417. The Morgan fingerprint density at radius 3 is 2.67 bits per heavy atom. The Bertz CT molecular complexity index is 680. The monoisotopic (exact) mass is 310 g/mol. The lowest BCUT2D eigenvalue weighted by Gasteiger charge is -2.07. The summed E-state index contributed by atoms with van der Waals surface area (Å²) < 4.78 is 27.0. The summed E-state index contributed by atoms with van der Waals surface area (Å²) in [6, 6.07) is 0. The van der Waals surface area contributed by atoms with Crippen LogP contribution in [0.3, 0.4) is 0 Å². The summed E-state index contributed by atoms with van der Waals surface area (Å²) in [5, 5.41) is 9.46. The van der Waals surface area contributed by atoms with Crippen molar-refractivity contribution in [3.05, 3.63) is 35.5 Å². The third kappa shape index (κ3) is 4.06. The molecule has 0 radical (unpaired) electrons. The molecule has 0 fully saturated rings. The number of aromatic nitrogens is 4. The lowest BCUT2D eigenvalue weighted by Crippen LogP contribution is -2.26. The van der Waals surface area contributed by atoms with Crippen LogP contribution in [-0.4, -0.2) is 35.1 Å². The van der Waals surface area contributed by atoms with E-state index in [1.807, 2.05) is 13.8 Å². The SMILES string of the molecule is CCNCc1cn[nH]c1S(=O)(=O)NCc1cnc(C)cn1. The Morgan fingerprint density at radius 2 is 2.00 bits per heavy atom. The Labute approximate surface area is 123 Å². The van der Waals surface area contributed by atoms with Crippen molar-refractivity contribution in [1.82, 2.24) is 30.2 Å². The molecule has 0 aliphatic rings. The van der Waals surface area contributed by atoms with Crippen molar-refractivity contribution in [3.63, 3.8) is 0 Å². The third-order valence-electron chi connectivity index (χ3n) is 2.79. The Morgan fingerprint density at radius 1 is 1.19 bits per heavy atom. The molecule has 2 heterocycles. The summed E-state index contributed by atoms with van der Waals surface area (Å²) in [6.45, 7) is 5.03. The molecule has 0 aromatic carbocycles. The Hall–Kier alpha value is -1.84. The van der Waals surface area contributed by atoms with Crippen molar-refractivity contribution in [1.29, 1.82) is 0 Å². The summed E-state index contributed by atoms with van der Waals surface area (Å²) in [5.74, 6) is 0. The van der Waals surface area contributed by atoms with Gasteiger partial charge in [0.25, 0.3) is 10.0 Å². The number of H-pyrrole nitrogens is 1. The van der Waals surface area contributed by atoms with Gasteiger partial charge in [-0.2, -0.15) is 5.10 Å². The molecule has 9 heteroatoms. The molecule has 0 atom stereocenters. The van der Waals surface area contributed by atoms with Crippen LogP contribution in [0.2, 0.25) is 0 Å². The molecule has 8 nitrogen and oxygen atoms in total. The summed E-state index contributed by atoms with van der Waals surface area (Å²) in [4.78, 5) is 8.18. The maximum Gasteiger partial charge on any atom is 0.258 e. The van der Waals surface area contributed by atoms with Crippen molar-refractivity contribution in [2.75, 3.05) is 6.54 Å². The topological polar surface area (TPSA) is 113 Å². The first kappa shape index (κ1) is 15.5. The molecule has 2 aromatic heterocycles. The van der Waals surface area contributed by atoms with E-state index in [1.165, 1.54) is 6.20 Å². The van der Waals surface area contributed by atoms with E-state index in [2.05, 4.69) is 30.2 Å². The summed E-state index contributed by atoms with van der Waals surface area (Å²) in [5.41, 5.74) is 1.93. The Kier molecular flexibility index (Phi) is 4.99. The first-order chi connectivity index (χ1) is 10.0. The number of hydrogen-bond donors (Lipinski definition) is 3. The molecule has 114 valence electrons. The second kappa shape index (κ2) is 6.74. The van der Waals surface area contributed by atoms with Crippen LogP contribution in [0.25, 0.3) is 0 Å². The van der Waals surface area contributed by atoms with Gasteiger partial charge in [-0.3, -0.25) is 15.1 Å². The van der Waals surface area contributed by atoms with Crippen LogP contribution in [0.5, 0.6) is 0 Å². The van der Waals surface area contributed by atoms with Gasteiger partial charge in [-0.15, -0.1) is 0 Å². The van der Waals surface area contributed by atoms with Gasteiger partial charge < -0.3 is 5.32 Å². The molecule has 0 saturated heterocycles. The third-order valence-corrected chi connectivity index (χ3v) is 4.21. The Balaban J connectivity index is 2.08. The fourth-order valence-corrected chi connectivity index (χ4v) is 2.79. The number of hydrogen-bond acceptors (Lipinski definition) is 6. The lowest BCUT2D eigenvalue weighted by atomic mass is 10.3. The molecule has 0 aliphatic heterocycles. The van der Waals surface area contributed by atoms with Crippen molar-refractivity contribution in [2.24, 2.45) is 0 Å². The van der Waals surface area contributed by atoms with E-state index in [0.29, 0.717) is 17.8 Å². The zero-order valence-electron chi connectivity index (χ0n) is 11.9. The number of aryl methyl sites for hydroxylation is 1. The van der Waals surface area contributed by atoms with Crippen molar-refractivity contribution < 1.29 is 8.42 Å². The molecule has 2 aromatic rings. The molecule has 0 bridgehead atoms. The largest absolute Gasteiger partial charge is 0.313 e. The number of sulfonamides is 1. The maximum absolute atomic E-state index is 12.3. The lowest BCUT2D eigenvalue weighted by molar-refractivity contribution is 0.573. The quantitative estimate of drug-likeness (QED) is 0.668. The minimum absolute atomic E-state index is 0.0727. The average molecular weight is 310 g/mol. The van der Waals surface area contributed by atoms with Gasteiger partial charge in [0.15, 0.2) is 5.03 Å². The first-order valence-corrected chi connectivity index (χ1v) is 8.01. The van der Waals surface area contributed by atoms with Crippen LogP contribution in [0, 0.1) is 6.92 Å². The summed E-state index contributed by atoms with van der Waals surface area (Å²) >= 11 is 0. The van der Waals surface area contributed by atoms with E-state index in [0.717, 1.165) is 12.2 Å².